The van der Waals surface area contributed by atoms with Gasteiger partial charge in [0.1, 0.15) is 5.75 Å². The van der Waals surface area contributed by atoms with E-state index in [0.717, 1.165) is 21.1 Å². The molecule has 1 aromatic rings. The molecule has 0 saturated carbocycles. The van der Waals surface area contributed by atoms with Gasteiger partial charge in [-0.1, -0.05) is 21.9 Å². The number of carbonyl (C=O) groups is 3. The Morgan fingerprint density at radius 1 is 1.44 bits per heavy atom. The van der Waals surface area contributed by atoms with E-state index in [1.165, 1.54) is 6.08 Å². The summed E-state index contributed by atoms with van der Waals surface area (Å²) in [6, 6.07) is 5.11. The van der Waals surface area contributed by atoms with Crippen molar-refractivity contribution in [3.05, 3.63) is 33.1 Å². The van der Waals surface area contributed by atoms with E-state index in [-0.39, 0.29) is 24.7 Å². The number of hydrogen-bond donors (Lipinski definition) is 0. The van der Waals surface area contributed by atoms with E-state index in [4.69, 9.17) is 15.9 Å². The largest absolute Gasteiger partial charge is 0.481 e. The summed E-state index contributed by atoms with van der Waals surface area (Å²) in [7, 11) is 0. The highest BCUT2D eigenvalue weighted by Crippen LogP contribution is 2.34. The Bertz CT molecular complexity index is 784. The second kappa shape index (κ2) is 8.74. The number of amides is 2. The second-order valence-electron chi connectivity index (χ2n) is 4.75. The van der Waals surface area contributed by atoms with Crippen molar-refractivity contribution in [3.63, 3.8) is 0 Å². The van der Waals surface area contributed by atoms with Gasteiger partial charge in [-0.3, -0.25) is 14.5 Å². The minimum Gasteiger partial charge on any atom is -0.481 e. The van der Waals surface area contributed by atoms with E-state index in [9.17, 15) is 14.4 Å². The number of rotatable bonds is 6. The average molecular weight is 424 g/mol. The summed E-state index contributed by atoms with van der Waals surface area (Å²) in [5.41, 5.74) is 0.546. The maximum atomic E-state index is 12.3. The lowest BCUT2D eigenvalue weighted by Gasteiger charge is -2.10. The number of terminal acetylenes is 1. The number of nitrogens with zero attached hydrogens (tertiary/aromatic N) is 1. The van der Waals surface area contributed by atoms with Crippen molar-refractivity contribution in [1.29, 1.82) is 0 Å². The van der Waals surface area contributed by atoms with Crippen LogP contribution in [0.3, 0.4) is 0 Å². The van der Waals surface area contributed by atoms with Crippen LogP contribution in [0.4, 0.5) is 4.79 Å². The molecule has 1 saturated heterocycles. The molecule has 0 radical (unpaired) electrons. The second-order valence-corrected chi connectivity index (χ2v) is 6.66. The van der Waals surface area contributed by atoms with E-state index < -0.39 is 17.1 Å². The van der Waals surface area contributed by atoms with Crippen LogP contribution in [0.15, 0.2) is 27.6 Å². The molecule has 1 aliphatic heterocycles. The van der Waals surface area contributed by atoms with Gasteiger partial charge >= 0.3 is 5.97 Å². The van der Waals surface area contributed by atoms with Gasteiger partial charge in [0, 0.05) is 10.0 Å². The van der Waals surface area contributed by atoms with Crippen LogP contribution >= 0.6 is 27.7 Å². The van der Waals surface area contributed by atoms with Crippen molar-refractivity contribution in [2.45, 2.75) is 6.92 Å². The summed E-state index contributed by atoms with van der Waals surface area (Å²) in [6.07, 6.45) is 6.71. The van der Waals surface area contributed by atoms with Gasteiger partial charge in [0.05, 0.1) is 18.1 Å². The fourth-order valence-electron chi connectivity index (χ4n) is 1.97. The Labute approximate surface area is 157 Å². The third-order valence-electron chi connectivity index (χ3n) is 3.03. The zero-order valence-electron chi connectivity index (χ0n) is 13.3. The van der Waals surface area contributed by atoms with Crippen molar-refractivity contribution in [2.75, 3.05) is 19.8 Å². The van der Waals surface area contributed by atoms with Crippen LogP contribution in [0.2, 0.25) is 0 Å². The van der Waals surface area contributed by atoms with E-state index in [0.29, 0.717) is 11.3 Å². The minimum absolute atomic E-state index is 0.0767. The lowest BCUT2D eigenvalue weighted by Crippen LogP contribution is -2.28. The molecule has 130 valence electrons. The number of halogens is 1. The highest BCUT2D eigenvalue weighted by molar-refractivity contribution is 9.10. The molecule has 1 aromatic carbocycles. The Hall–Kier alpha value is -2.24. The first-order valence-corrected chi connectivity index (χ1v) is 8.84. The molecule has 0 atom stereocenters. The van der Waals surface area contributed by atoms with Crippen LogP contribution in [0.25, 0.3) is 6.08 Å². The smallest absolute Gasteiger partial charge is 0.344 e. The number of carbonyl (C=O) groups excluding carboxylic acids is 3. The van der Waals surface area contributed by atoms with E-state index in [2.05, 4.69) is 21.9 Å². The van der Waals surface area contributed by atoms with Crippen molar-refractivity contribution in [1.82, 2.24) is 4.90 Å². The van der Waals surface area contributed by atoms with Crippen LogP contribution < -0.4 is 4.74 Å². The molecule has 1 heterocycles. The molecular formula is C17H14BrNO5S. The predicted molar refractivity (Wildman–Crippen MR) is 97.8 cm³/mol. The molecular weight excluding hydrogens is 410 g/mol. The van der Waals surface area contributed by atoms with Crippen LogP contribution in [0, 0.1) is 12.3 Å². The quantitative estimate of drug-likeness (QED) is 0.397. The number of thioether (sulfide) groups is 1. The molecule has 0 aliphatic carbocycles. The molecule has 1 aliphatic rings. The minimum atomic E-state index is -0.495. The van der Waals surface area contributed by atoms with Crippen LogP contribution in [0.1, 0.15) is 12.5 Å². The van der Waals surface area contributed by atoms with Crippen molar-refractivity contribution >= 4 is 50.9 Å². The van der Waals surface area contributed by atoms with Crippen molar-refractivity contribution < 1.29 is 23.9 Å². The number of esters is 1. The molecule has 2 amide bonds. The summed E-state index contributed by atoms with van der Waals surface area (Å²) < 4.78 is 11.0. The van der Waals surface area contributed by atoms with Gasteiger partial charge in [0.2, 0.25) is 0 Å². The predicted octanol–water partition coefficient (Wildman–Crippen LogP) is 3.06. The van der Waals surface area contributed by atoms with Gasteiger partial charge in [0.15, 0.2) is 6.61 Å². The zero-order chi connectivity index (χ0) is 18.4. The lowest BCUT2D eigenvalue weighted by atomic mass is 10.2. The first-order chi connectivity index (χ1) is 12.0. The summed E-state index contributed by atoms with van der Waals surface area (Å²) in [5, 5.41) is -0.418. The molecule has 1 fully saturated rings. The summed E-state index contributed by atoms with van der Waals surface area (Å²) in [6.45, 7) is 1.63. The van der Waals surface area contributed by atoms with Gasteiger partial charge in [-0.2, -0.15) is 0 Å². The van der Waals surface area contributed by atoms with Gasteiger partial charge < -0.3 is 9.47 Å². The molecule has 2 rings (SSSR count). The molecule has 6 nitrogen and oxygen atoms in total. The molecule has 0 unspecified atom stereocenters. The van der Waals surface area contributed by atoms with E-state index in [1.807, 2.05) is 0 Å². The normalized spacial score (nSPS) is 15.4. The van der Waals surface area contributed by atoms with Crippen LogP contribution in [0.5, 0.6) is 5.75 Å². The third kappa shape index (κ3) is 4.87. The van der Waals surface area contributed by atoms with Gasteiger partial charge in [-0.25, -0.2) is 4.79 Å². The Morgan fingerprint density at radius 2 is 2.20 bits per heavy atom. The third-order valence-corrected chi connectivity index (χ3v) is 4.43. The summed E-state index contributed by atoms with van der Waals surface area (Å²) in [4.78, 5) is 36.8. The number of ether oxygens (including phenoxy) is 2. The zero-order valence-corrected chi connectivity index (χ0v) is 15.7. The summed E-state index contributed by atoms with van der Waals surface area (Å²) >= 11 is 4.15. The van der Waals surface area contributed by atoms with E-state index in [1.54, 1.807) is 25.1 Å². The van der Waals surface area contributed by atoms with E-state index >= 15 is 0 Å². The Kier molecular flexibility index (Phi) is 6.67. The topological polar surface area (TPSA) is 72.9 Å². The molecule has 8 heteroatoms. The lowest BCUT2D eigenvalue weighted by molar-refractivity contribution is -0.145. The standard InChI is InChI=1S/C17H14BrNO5S/c1-3-7-19-16(21)14(25-17(19)22)9-11-8-12(18)5-6-13(11)24-10-15(20)23-4-2/h1,5-6,8-9H,4,7,10H2,2H3. The van der Waals surface area contributed by atoms with Gasteiger partial charge in [-0.15, -0.1) is 6.42 Å². The number of imide groups is 1. The number of hydrogen-bond acceptors (Lipinski definition) is 6. The van der Waals surface area contributed by atoms with Crippen LogP contribution in [-0.4, -0.2) is 41.8 Å². The SMILES string of the molecule is C#CCN1C(=O)SC(=Cc2cc(Br)ccc2OCC(=O)OCC)C1=O. The van der Waals surface area contributed by atoms with Crippen molar-refractivity contribution in [2.24, 2.45) is 0 Å². The Morgan fingerprint density at radius 3 is 2.88 bits per heavy atom. The molecule has 0 bridgehead atoms. The Balaban J connectivity index is 2.25. The highest BCUT2D eigenvalue weighted by atomic mass is 79.9. The first-order valence-electron chi connectivity index (χ1n) is 7.23. The van der Waals surface area contributed by atoms with Gasteiger partial charge in [-0.05, 0) is 43.0 Å². The molecule has 25 heavy (non-hydrogen) atoms. The first kappa shape index (κ1) is 19.1. The highest BCUT2D eigenvalue weighted by Gasteiger charge is 2.34. The average Bonchev–Trinajstić information content (AvgIpc) is 2.82. The molecule has 0 spiro atoms. The van der Waals surface area contributed by atoms with Crippen LogP contribution in [-0.2, 0) is 14.3 Å². The maximum Gasteiger partial charge on any atom is 0.344 e. The fraction of sp³-hybridized carbons (Fsp3) is 0.235. The van der Waals surface area contributed by atoms with Crippen molar-refractivity contribution in [3.8, 4) is 18.1 Å². The summed E-state index contributed by atoms with van der Waals surface area (Å²) in [5.74, 6) is 1.72. The maximum absolute atomic E-state index is 12.3. The monoisotopic (exact) mass is 423 g/mol. The molecule has 0 N–H and O–H groups in total. The van der Waals surface area contributed by atoms with Gasteiger partial charge in [0.25, 0.3) is 11.1 Å². The fourth-order valence-corrected chi connectivity index (χ4v) is 3.18. The molecule has 0 aromatic heterocycles. The number of benzene rings is 1.